The maximum absolute atomic E-state index is 12.3. The van der Waals surface area contributed by atoms with Crippen LogP contribution < -0.4 is 4.72 Å². The highest BCUT2D eigenvalue weighted by Gasteiger charge is 2.22. The van der Waals surface area contributed by atoms with Gasteiger partial charge in [-0.2, -0.15) is 11.8 Å². The standard InChI is InChI=1S/C16H18N2O4S2/c1-13-15(18(19)20)8-5-9-16(13)24(21,22)17-10-11-23-12-14-6-3-2-4-7-14/h2-9,17H,10-12H2,1H3. The van der Waals surface area contributed by atoms with Crippen molar-refractivity contribution >= 4 is 27.5 Å². The zero-order chi connectivity index (χ0) is 17.6. The fraction of sp³-hybridized carbons (Fsp3) is 0.250. The zero-order valence-corrected chi connectivity index (χ0v) is 14.8. The molecule has 24 heavy (non-hydrogen) atoms. The Morgan fingerprint density at radius 3 is 2.50 bits per heavy atom. The Kier molecular flexibility index (Phi) is 6.36. The highest BCUT2D eigenvalue weighted by Crippen LogP contribution is 2.24. The van der Waals surface area contributed by atoms with E-state index in [1.165, 1.54) is 30.7 Å². The molecule has 0 saturated heterocycles. The van der Waals surface area contributed by atoms with Crippen LogP contribution in [0.1, 0.15) is 11.1 Å². The largest absolute Gasteiger partial charge is 0.273 e. The summed E-state index contributed by atoms with van der Waals surface area (Å²) in [5.74, 6) is 1.42. The summed E-state index contributed by atoms with van der Waals surface area (Å²) in [5.41, 5.74) is 1.13. The van der Waals surface area contributed by atoms with E-state index in [0.29, 0.717) is 5.75 Å². The lowest BCUT2D eigenvalue weighted by Gasteiger charge is -2.09. The maximum atomic E-state index is 12.3. The molecule has 2 aromatic rings. The summed E-state index contributed by atoms with van der Waals surface area (Å²) in [7, 11) is -3.76. The maximum Gasteiger partial charge on any atom is 0.273 e. The Bertz CT molecular complexity index is 808. The summed E-state index contributed by atoms with van der Waals surface area (Å²) in [6.45, 7) is 1.71. The summed E-state index contributed by atoms with van der Waals surface area (Å²) in [6.07, 6.45) is 0. The van der Waals surface area contributed by atoms with Gasteiger partial charge in [-0.1, -0.05) is 36.4 Å². The molecule has 0 fully saturated rings. The van der Waals surface area contributed by atoms with Gasteiger partial charge in [0, 0.05) is 29.7 Å². The predicted octanol–water partition coefficient (Wildman–Crippen LogP) is 3.11. The third kappa shape index (κ3) is 4.80. The minimum absolute atomic E-state index is 0.0511. The fourth-order valence-corrected chi connectivity index (χ4v) is 4.42. The molecule has 0 aromatic heterocycles. The van der Waals surface area contributed by atoms with Crippen molar-refractivity contribution in [2.24, 2.45) is 0 Å². The molecule has 0 heterocycles. The van der Waals surface area contributed by atoms with E-state index >= 15 is 0 Å². The average Bonchev–Trinajstić information content (AvgIpc) is 2.55. The average molecular weight is 366 g/mol. The van der Waals surface area contributed by atoms with Gasteiger partial charge in [-0.15, -0.1) is 0 Å². The van der Waals surface area contributed by atoms with Crippen LogP contribution in [0.25, 0.3) is 0 Å². The number of benzene rings is 2. The molecule has 0 radical (unpaired) electrons. The highest BCUT2D eigenvalue weighted by molar-refractivity contribution is 7.98. The van der Waals surface area contributed by atoms with Crippen molar-refractivity contribution in [1.29, 1.82) is 0 Å². The molecule has 128 valence electrons. The number of thioether (sulfide) groups is 1. The lowest BCUT2D eigenvalue weighted by Crippen LogP contribution is -2.26. The van der Waals surface area contributed by atoms with Gasteiger partial charge in [-0.25, -0.2) is 13.1 Å². The Morgan fingerprint density at radius 1 is 1.12 bits per heavy atom. The first-order chi connectivity index (χ1) is 11.4. The normalized spacial score (nSPS) is 11.4. The number of hydrogen-bond acceptors (Lipinski definition) is 5. The first kappa shape index (κ1) is 18.4. The lowest BCUT2D eigenvalue weighted by atomic mass is 10.2. The molecule has 0 unspecified atom stereocenters. The first-order valence-electron chi connectivity index (χ1n) is 7.27. The van der Waals surface area contributed by atoms with E-state index in [1.807, 2.05) is 30.3 Å². The van der Waals surface area contributed by atoms with E-state index in [4.69, 9.17) is 0 Å². The lowest BCUT2D eigenvalue weighted by molar-refractivity contribution is -0.385. The molecular weight excluding hydrogens is 348 g/mol. The second-order valence-corrected chi connectivity index (χ2v) is 7.93. The van der Waals surface area contributed by atoms with Gasteiger partial charge in [0.2, 0.25) is 10.0 Å². The highest BCUT2D eigenvalue weighted by atomic mass is 32.2. The topological polar surface area (TPSA) is 89.3 Å². The van der Waals surface area contributed by atoms with Crippen LogP contribution in [0.4, 0.5) is 5.69 Å². The third-order valence-electron chi connectivity index (χ3n) is 3.39. The van der Waals surface area contributed by atoms with Crippen molar-refractivity contribution in [1.82, 2.24) is 4.72 Å². The van der Waals surface area contributed by atoms with Gasteiger partial charge in [-0.3, -0.25) is 10.1 Å². The van der Waals surface area contributed by atoms with Crippen LogP contribution in [-0.2, 0) is 15.8 Å². The molecule has 1 N–H and O–H groups in total. The quantitative estimate of drug-likeness (QED) is 0.440. The summed E-state index contributed by atoms with van der Waals surface area (Å²) < 4.78 is 27.1. The van der Waals surface area contributed by atoms with Gasteiger partial charge in [0.05, 0.1) is 9.82 Å². The molecule has 0 aliphatic carbocycles. The van der Waals surface area contributed by atoms with Gasteiger partial charge in [0.1, 0.15) is 0 Å². The van der Waals surface area contributed by atoms with Crippen LogP contribution in [-0.4, -0.2) is 25.6 Å². The molecule has 0 spiro atoms. The Labute approximate surface area is 145 Å². The van der Waals surface area contributed by atoms with Crippen LogP contribution in [0.3, 0.4) is 0 Å². The van der Waals surface area contributed by atoms with Crippen LogP contribution in [0, 0.1) is 17.0 Å². The summed E-state index contributed by atoms with van der Waals surface area (Å²) in [5, 5.41) is 10.9. The number of nitrogens with zero attached hydrogens (tertiary/aromatic N) is 1. The molecule has 0 aliphatic rings. The molecule has 0 amide bonds. The molecule has 2 rings (SSSR count). The summed E-state index contributed by atoms with van der Waals surface area (Å²) in [6, 6.07) is 14.0. The second-order valence-electron chi connectivity index (χ2n) is 5.09. The van der Waals surface area contributed by atoms with Crippen LogP contribution in [0.15, 0.2) is 53.4 Å². The van der Waals surface area contributed by atoms with E-state index in [-0.39, 0.29) is 22.7 Å². The fourth-order valence-electron chi connectivity index (χ4n) is 2.18. The van der Waals surface area contributed by atoms with Gasteiger partial charge >= 0.3 is 0 Å². The Hall–Kier alpha value is -1.90. The molecule has 0 bridgehead atoms. The molecule has 2 aromatic carbocycles. The monoisotopic (exact) mass is 366 g/mol. The molecule has 6 nitrogen and oxygen atoms in total. The van der Waals surface area contributed by atoms with Gasteiger partial charge < -0.3 is 0 Å². The molecule has 8 heteroatoms. The van der Waals surface area contributed by atoms with Crippen LogP contribution >= 0.6 is 11.8 Å². The number of nitrogens with one attached hydrogen (secondary N) is 1. The van der Waals surface area contributed by atoms with Crippen molar-refractivity contribution in [2.75, 3.05) is 12.3 Å². The van der Waals surface area contributed by atoms with Crippen molar-refractivity contribution in [3.63, 3.8) is 0 Å². The predicted molar refractivity (Wildman–Crippen MR) is 95.6 cm³/mol. The summed E-state index contributed by atoms with van der Waals surface area (Å²) >= 11 is 1.62. The SMILES string of the molecule is Cc1c([N+](=O)[O-])cccc1S(=O)(=O)NCCSCc1ccccc1. The second kappa shape index (κ2) is 8.27. The van der Waals surface area contributed by atoms with Gasteiger partial charge in [0.25, 0.3) is 5.69 Å². The number of nitro benzene ring substituents is 1. The van der Waals surface area contributed by atoms with Crippen molar-refractivity contribution < 1.29 is 13.3 Å². The van der Waals surface area contributed by atoms with Crippen LogP contribution in [0.5, 0.6) is 0 Å². The van der Waals surface area contributed by atoms with Gasteiger partial charge in [-0.05, 0) is 18.6 Å². The summed E-state index contributed by atoms with van der Waals surface area (Å²) in [4.78, 5) is 10.3. The number of nitro groups is 1. The minimum atomic E-state index is -3.76. The van der Waals surface area contributed by atoms with E-state index in [1.54, 1.807) is 11.8 Å². The van der Waals surface area contributed by atoms with E-state index in [0.717, 1.165) is 5.75 Å². The van der Waals surface area contributed by atoms with E-state index in [2.05, 4.69) is 4.72 Å². The third-order valence-corrected chi connectivity index (χ3v) is 6.03. The van der Waals surface area contributed by atoms with E-state index < -0.39 is 14.9 Å². The number of hydrogen-bond donors (Lipinski definition) is 1. The van der Waals surface area contributed by atoms with Crippen LogP contribution in [0.2, 0.25) is 0 Å². The molecule has 0 aliphatic heterocycles. The Balaban J connectivity index is 1.92. The van der Waals surface area contributed by atoms with Crippen molar-refractivity contribution in [3.8, 4) is 0 Å². The van der Waals surface area contributed by atoms with Crippen molar-refractivity contribution in [3.05, 3.63) is 69.8 Å². The first-order valence-corrected chi connectivity index (χ1v) is 9.91. The molecule has 0 atom stereocenters. The zero-order valence-electron chi connectivity index (χ0n) is 13.1. The Morgan fingerprint density at radius 2 is 1.83 bits per heavy atom. The van der Waals surface area contributed by atoms with Gasteiger partial charge in [0.15, 0.2) is 0 Å². The number of rotatable bonds is 8. The van der Waals surface area contributed by atoms with Crippen molar-refractivity contribution in [2.45, 2.75) is 17.6 Å². The van der Waals surface area contributed by atoms with E-state index in [9.17, 15) is 18.5 Å². The minimum Gasteiger partial charge on any atom is -0.258 e. The molecule has 0 saturated carbocycles. The number of sulfonamides is 1. The molecular formula is C16H18N2O4S2. The smallest absolute Gasteiger partial charge is 0.258 e.